The van der Waals surface area contributed by atoms with E-state index in [0.717, 1.165) is 0 Å². The van der Waals surface area contributed by atoms with Crippen molar-refractivity contribution < 1.29 is 14.7 Å². The van der Waals surface area contributed by atoms with E-state index in [1.807, 2.05) is 0 Å². The molecule has 0 aromatic rings. The van der Waals surface area contributed by atoms with Gasteiger partial charge in [0, 0.05) is 0 Å². The number of urea groups is 1. The Morgan fingerprint density at radius 2 is 1.91 bits per heavy atom. The van der Waals surface area contributed by atoms with Crippen LogP contribution >= 0.6 is 0 Å². The van der Waals surface area contributed by atoms with Crippen LogP contribution < -0.4 is 11.5 Å². The third kappa shape index (κ3) is 3.04. The second kappa shape index (κ2) is 3.40. The molecule has 6 N–H and O–H groups in total. The second-order valence-electron chi connectivity index (χ2n) is 1.70. The molecule has 7 nitrogen and oxygen atoms in total. The maximum Gasteiger partial charge on any atom is 0.323 e. The van der Waals surface area contributed by atoms with Crippen LogP contribution in [0.4, 0.5) is 4.79 Å². The van der Waals surface area contributed by atoms with E-state index in [4.69, 9.17) is 16.2 Å². The van der Waals surface area contributed by atoms with Crippen LogP contribution in [-0.2, 0) is 4.79 Å². The highest BCUT2D eigenvalue weighted by atomic mass is 16.4. The molecule has 0 fully saturated rings. The zero-order valence-corrected chi connectivity index (χ0v) is 5.57. The summed E-state index contributed by atoms with van der Waals surface area (Å²) in [7, 11) is 0. The normalized spacial score (nSPS) is 8.73. The van der Waals surface area contributed by atoms with Crippen molar-refractivity contribution in [2.45, 2.75) is 0 Å². The van der Waals surface area contributed by atoms with Gasteiger partial charge in [-0.25, -0.2) is 4.79 Å². The van der Waals surface area contributed by atoms with Crippen LogP contribution in [0.5, 0.6) is 0 Å². The lowest BCUT2D eigenvalue weighted by Gasteiger charge is -2.14. The molecule has 0 spiro atoms. The molecule has 0 saturated heterocycles. The van der Waals surface area contributed by atoms with Crippen LogP contribution in [0.1, 0.15) is 0 Å². The molecule has 0 radical (unpaired) electrons. The lowest BCUT2D eigenvalue weighted by Crippen LogP contribution is -2.46. The summed E-state index contributed by atoms with van der Waals surface area (Å²) in [6.07, 6.45) is 0. The lowest BCUT2D eigenvalue weighted by molar-refractivity contribution is -0.136. The van der Waals surface area contributed by atoms with Gasteiger partial charge in [-0.2, -0.15) is 0 Å². The van der Waals surface area contributed by atoms with Crippen molar-refractivity contribution in [2.75, 3.05) is 6.54 Å². The van der Waals surface area contributed by atoms with Gasteiger partial charge in [-0.1, -0.05) is 0 Å². The topological polar surface area (TPSA) is 134 Å². The molecule has 0 rings (SSSR count). The van der Waals surface area contributed by atoms with Crippen LogP contribution in [0, 0.1) is 5.41 Å². The van der Waals surface area contributed by atoms with Crippen LogP contribution in [0.25, 0.3) is 0 Å². The molecule has 0 aliphatic heterocycles. The average molecular weight is 160 g/mol. The fourth-order valence-corrected chi connectivity index (χ4v) is 0.417. The minimum Gasteiger partial charge on any atom is -0.480 e. The number of nitrogens with one attached hydrogen (secondary N) is 1. The second-order valence-corrected chi connectivity index (χ2v) is 1.70. The number of carbonyl (C=O) groups is 2. The highest BCUT2D eigenvalue weighted by molar-refractivity contribution is 5.95. The molecule has 7 heteroatoms. The fraction of sp³-hybridized carbons (Fsp3) is 0.250. The largest absolute Gasteiger partial charge is 0.480 e. The van der Waals surface area contributed by atoms with E-state index in [2.05, 4.69) is 5.73 Å². The summed E-state index contributed by atoms with van der Waals surface area (Å²) in [5.41, 5.74) is 9.52. The van der Waals surface area contributed by atoms with Crippen molar-refractivity contribution in [1.29, 1.82) is 5.41 Å². The van der Waals surface area contributed by atoms with Crippen LogP contribution in [0.2, 0.25) is 0 Å². The molecule has 0 aromatic heterocycles. The van der Waals surface area contributed by atoms with Gasteiger partial charge in [-0.3, -0.25) is 15.1 Å². The fourth-order valence-electron chi connectivity index (χ4n) is 0.417. The third-order valence-electron chi connectivity index (χ3n) is 0.850. The summed E-state index contributed by atoms with van der Waals surface area (Å²) in [5, 5.41) is 14.9. The van der Waals surface area contributed by atoms with Crippen molar-refractivity contribution in [2.24, 2.45) is 11.5 Å². The first-order valence-electron chi connectivity index (χ1n) is 2.58. The number of carboxylic acid groups (broad SMARTS) is 1. The molecular weight excluding hydrogens is 152 g/mol. The van der Waals surface area contributed by atoms with E-state index in [0.29, 0.717) is 4.90 Å². The van der Waals surface area contributed by atoms with Crippen LogP contribution in [-0.4, -0.2) is 34.5 Å². The predicted octanol–water partition coefficient (Wildman–Crippen LogP) is -1.65. The predicted molar refractivity (Wildman–Crippen MR) is 35.8 cm³/mol. The van der Waals surface area contributed by atoms with Gasteiger partial charge in [0.05, 0.1) is 0 Å². The number of primary amides is 1. The number of amides is 2. The Morgan fingerprint density at radius 1 is 1.45 bits per heavy atom. The standard InChI is InChI=1S/C4H8N4O3/c5-3(6)8(4(7)11)1-2(9)10/h1H2,(H3,5,6)(H2,7,11)(H,9,10). The van der Waals surface area contributed by atoms with Gasteiger partial charge in [-0.15, -0.1) is 0 Å². The Morgan fingerprint density at radius 3 is 2.00 bits per heavy atom. The Balaban J connectivity index is 4.23. The number of nitrogens with two attached hydrogens (primary N) is 2. The number of hydrogen-bond acceptors (Lipinski definition) is 3. The highest BCUT2D eigenvalue weighted by Crippen LogP contribution is 1.84. The number of carbonyl (C=O) groups excluding carboxylic acids is 1. The van der Waals surface area contributed by atoms with Gasteiger partial charge in [0.2, 0.25) is 0 Å². The van der Waals surface area contributed by atoms with E-state index in [9.17, 15) is 9.59 Å². The molecule has 0 heterocycles. The quantitative estimate of drug-likeness (QED) is 0.284. The first-order chi connectivity index (χ1) is 4.95. The van der Waals surface area contributed by atoms with Gasteiger partial charge < -0.3 is 16.6 Å². The molecule has 0 unspecified atom stereocenters. The maximum absolute atomic E-state index is 10.3. The average Bonchev–Trinajstić information content (AvgIpc) is 1.81. The maximum atomic E-state index is 10.3. The molecule has 0 saturated carbocycles. The molecule has 0 aliphatic rings. The van der Waals surface area contributed by atoms with Gasteiger partial charge in [0.1, 0.15) is 6.54 Å². The van der Waals surface area contributed by atoms with Gasteiger partial charge in [0.15, 0.2) is 5.96 Å². The first-order valence-corrected chi connectivity index (χ1v) is 2.58. The Bertz CT molecular complexity index is 188. The minimum absolute atomic E-state index is 0.433. The van der Waals surface area contributed by atoms with Gasteiger partial charge >= 0.3 is 12.0 Å². The number of hydrogen-bond donors (Lipinski definition) is 4. The minimum atomic E-state index is -1.28. The van der Waals surface area contributed by atoms with E-state index >= 15 is 0 Å². The zero-order chi connectivity index (χ0) is 9.02. The smallest absolute Gasteiger partial charge is 0.323 e. The molecule has 62 valence electrons. The number of nitrogens with zero attached hydrogens (tertiary/aromatic N) is 1. The first kappa shape index (κ1) is 9.21. The summed E-state index contributed by atoms with van der Waals surface area (Å²) in [4.78, 5) is 20.8. The number of carboxylic acids is 1. The number of guanidine groups is 1. The highest BCUT2D eigenvalue weighted by Gasteiger charge is 2.15. The summed E-state index contributed by atoms with van der Waals surface area (Å²) in [5.74, 6) is -1.96. The van der Waals surface area contributed by atoms with Crippen LogP contribution in [0.3, 0.4) is 0 Å². The molecular formula is C4H8N4O3. The van der Waals surface area contributed by atoms with Crippen molar-refractivity contribution in [3.63, 3.8) is 0 Å². The summed E-state index contributed by atoms with van der Waals surface area (Å²) in [6, 6.07) is -1.06. The van der Waals surface area contributed by atoms with E-state index < -0.39 is 24.5 Å². The molecule has 0 atom stereocenters. The van der Waals surface area contributed by atoms with Gasteiger partial charge in [-0.05, 0) is 0 Å². The SMILES string of the molecule is N=C(N)N(CC(=O)O)C(N)=O. The summed E-state index contributed by atoms with van der Waals surface area (Å²) in [6.45, 7) is -0.690. The van der Waals surface area contributed by atoms with E-state index in [-0.39, 0.29) is 0 Å². The monoisotopic (exact) mass is 160 g/mol. The number of rotatable bonds is 2. The lowest BCUT2D eigenvalue weighted by atomic mass is 10.5. The summed E-state index contributed by atoms with van der Waals surface area (Å²) < 4.78 is 0. The molecule has 0 bridgehead atoms. The Kier molecular flexibility index (Phi) is 2.84. The van der Waals surface area contributed by atoms with E-state index in [1.54, 1.807) is 0 Å². The van der Waals surface area contributed by atoms with Crippen molar-refractivity contribution in [3.8, 4) is 0 Å². The molecule has 11 heavy (non-hydrogen) atoms. The van der Waals surface area contributed by atoms with Crippen molar-refractivity contribution >= 4 is 18.0 Å². The third-order valence-corrected chi connectivity index (χ3v) is 0.850. The van der Waals surface area contributed by atoms with Gasteiger partial charge in [0.25, 0.3) is 0 Å². The zero-order valence-electron chi connectivity index (χ0n) is 5.57. The molecule has 0 aromatic carbocycles. The van der Waals surface area contributed by atoms with Crippen molar-refractivity contribution in [1.82, 2.24) is 4.90 Å². The Labute approximate surface area is 62.1 Å². The summed E-state index contributed by atoms with van der Waals surface area (Å²) >= 11 is 0. The molecule has 0 aliphatic carbocycles. The molecule has 2 amide bonds. The number of aliphatic carboxylic acids is 1. The van der Waals surface area contributed by atoms with E-state index in [1.165, 1.54) is 0 Å². The van der Waals surface area contributed by atoms with Crippen molar-refractivity contribution in [3.05, 3.63) is 0 Å². The Hall–Kier alpha value is -1.79. The van der Waals surface area contributed by atoms with Crippen LogP contribution in [0.15, 0.2) is 0 Å².